The van der Waals surface area contributed by atoms with Gasteiger partial charge in [-0.3, -0.25) is 0 Å². The molecule has 0 aromatic heterocycles. The van der Waals surface area contributed by atoms with Gasteiger partial charge in [0.05, 0.1) is 6.10 Å². The molecule has 0 aromatic rings. The summed E-state index contributed by atoms with van der Waals surface area (Å²) in [5, 5.41) is 20.4. The maximum atomic E-state index is 9.90. The average Bonchev–Trinajstić information content (AvgIpc) is 2.15. The Kier molecular flexibility index (Phi) is 6.53. The van der Waals surface area contributed by atoms with Gasteiger partial charge in [0.15, 0.2) is 0 Å². The monoisotopic (exact) mass is 252 g/mol. The summed E-state index contributed by atoms with van der Waals surface area (Å²) in [4.78, 5) is 0. The van der Waals surface area contributed by atoms with Crippen LogP contribution in [-0.4, -0.2) is 22.4 Å². The Morgan fingerprint density at radius 3 is 1.93 bits per heavy atom. The van der Waals surface area contributed by atoms with Gasteiger partial charge in [0.2, 0.25) is 0 Å². The summed E-state index contributed by atoms with van der Waals surface area (Å²) in [7, 11) is 0. The fourth-order valence-electron chi connectivity index (χ4n) is 1.20. The van der Waals surface area contributed by atoms with Gasteiger partial charge in [0.1, 0.15) is 6.10 Å². The van der Waals surface area contributed by atoms with Crippen LogP contribution in [0.5, 0.6) is 0 Å². The van der Waals surface area contributed by atoms with Crippen molar-refractivity contribution in [3.05, 3.63) is 21.7 Å². The van der Waals surface area contributed by atoms with E-state index in [0.29, 0.717) is 15.6 Å². The van der Waals surface area contributed by atoms with Crippen LogP contribution in [0.15, 0.2) is 21.7 Å². The van der Waals surface area contributed by atoms with Gasteiger partial charge >= 0.3 is 0 Å². The molecule has 2 nitrogen and oxygen atoms in total. The molecule has 0 aliphatic heterocycles. The second-order valence-corrected chi connectivity index (χ2v) is 4.74. The zero-order valence-electron chi connectivity index (χ0n) is 9.46. The SMILES string of the molecule is CC=C(Cl)C(=C(C)Cl)C(O)C(O)C(C)C. The van der Waals surface area contributed by atoms with Crippen molar-refractivity contribution in [2.75, 3.05) is 0 Å². The summed E-state index contributed by atoms with van der Waals surface area (Å²) in [6.45, 7) is 7.02. The van der Waals surface area contributed by atoms with E-state index in [1.165, 1.54) is 0 Å². The largest absolute Gasteiger partial charge is 0.390 e. The Balaban J connectivity index is 5.07. The predicted octanol–water partition coefficient (Wildman–Crippen LogP) is 3.02. The van der Waals surface area contributed by atoms with Crippen LogP contribution in [0.3, 0.4) is 0 Å². The van der Waals surface area contributed by atoms with Gasteiger partial charge in [-0.1, -0.05) is 43.1 Å². The topological polar surface area (TPSA) is 40.5 Å². The fourth-order valence-corrected chi connectivity index (χ4v) is 1.72. The first-order chi connectivity index (χ1) is 6.82. The van der Waals surface area contributed by atoms with Crippen molar-refractivity contribution >= 4 is 23.2 Å². The summed E-state index contributed by atoms with van der Waals surface area (Å²) < 4.78 is 0. The molecule has 88 valence electrons. The van der Waals surface area contributed by atoms with Gasteiger partial charge in [-0.05, 0) is 19.8 Å². The number of aliphatic hydroxyl groups is 2. The highest BCUT2D eigenvalue weighted by Gasteiger charge is 2.26. The standard InChI is InChI=1S/C11H18Cl2O2/c1-5-8(13)9(7(4)12)11(15)10(14)6(2)3/h5-6,10-11,14-15H,1-4H3. The van der Waals surface area contributed by atoms with Crippen LogP contribution in [0.4, 0.5) is 0 Å². The number of hydrogen-bond acceptors (Lipinski definition) is 2. The minimum Gasteiger partial charge on any atom is -0.390 e. The molecule has 0 aliphatic rings. The van der Waals surface area contributed by atoms with Gasteiger partial charge in [-0.25, -0.2) is 0 Å². The zero-order chi connectivity index (χ0) is 12.2. The summed E-state index contributed by atoms with van der Waals surface area (Å²) in [5.74, 6) is -0.0626. The van der Waals surface area contributed by atoms with Crippen molar-refractivity contribution in [1.82, 2.24) is 0 Å². The second kappa shape index (κ2) is 6.54. The molecule has 0 saturated heterocycles. The van der Waals surface area contributed by atoms with Crippen LogP contribution in [0.25, 0.3) is 0 Å². The molecule has 0 radical (unpaired) electrons. The van der Waals surface area contributed by atoms with E-state index in [1.807, 2.05) is 13.8 Å². The minimum absolute atomic E-state index is 0.0626. The van der Waals surface area contributed by atoms with E-state index in [9.17, 15) is 10.2 Å². The van der Waals surface area contributed by atoms with Crippen LogP contribution in [0, 0.1) is 5.92 Å². The fraction of sp³-hybridized carbons (Fsp3) is 0.636. The number of rotatable bonds is 4. The van der Waals surface area contributed by atoms with E-state index in [2.05, 4.69) is 0 Å². The molecule has 0 rings (SSSR count). The van der Waals surface area contributed by atoms with Gasteiger partial charge < -0.3 is 10.2 Å². The molecular weight excluding hydrogens is 235 g/mol. The van der Waals surface area contributed by atoms with Crippen LogP contribution < -0.4 is 0 Å². The number of aliphatic hydroxyl groups excluding tert-OH is 2. The highest BCUT2D eigenvalue weighted by molar-refractivity contribution is 6.35. The van der Waals surface area contributed by atoms with Crippen molar-refractivity contribution < 1.29 is 10.2 Å². The highest BCUT2D eigenvalue weighted by atomic mass is 35.5. The highest BCUT2D eigenvalue weighted by Crippen LogP contribution is 2.27. The van der Waals surface area contributed by atoms with E-state index in [1.54, 1.807) is 19.9 Å². The Labute approximate surface area is 101 Å². The van der Waals surface area contributed by atoms with Crippen molar-refractivity contribution in [2.24, 2.45) is 5.92 Å². The summed E-state index contributed by atoms with van der Waals surface area (Å²) >= 11 is 11.8. The molecule has 0 spiro atoms. The van der Waals surface area contributed by atoms with Crippen molar-refractivity contribution in [2.45, 2.75) is 39.9 Å². The molecule has 2 atom stereocenters. The first kappa shape index (κ1) is 15.0. The maximum Gasteiger partial charge on any atom is 0.108 e. The molecule has 0 aromatic carbocycles. The third-order valence-corrected chi connectivity index (χ3v) is 2.81. The quantitative estimate of drug-likeness (QED) is 0.756. The molecule has 4 heteroatoms. The Morgan fingerprint density at radius 2 is 1.67 bits per heavy atom. The number of hydrogen-bond donors (Lipinski definition) is 2. The van der Waals surface area contributed by atoms with E-state index < -0.39 is 12.2 Å². The molecule has 0 aliphatic carbocycles. The summed E-state index contributed by atoms with van der Waals surface area (Å²) in [5.41, 5.74) is 0.391. The lowest BCUT2D eigenvalue weighted by Gasteiger charge is -2.24. The Morgan fingerprint density at radius 1 is 1.20 bits per heavy atom. The predicted molar refractivity (Wildman–Crippen MR) is 65.0 cm³/mol. The van der Waals surface area contributed by atoms with Crippen LogP contribution >= 0.6 is 23.2 Å². The van der Waals surface area contributed by atoms with Crippen molar-refractivity contribution in [3.8, 4) is 0 Å². The van der Waals surface area contributed by atoms with E-state index >= 15 is 0 Å². The average molecular weight is 253 g/mol. The molecule has 2 unspecified atom stereocenters. The van der Waals surface area contributed by atoms with Gasteiger partial charge in [0, 0.05) is 15.6 Å². The molecule has 0 bridgehead atoms. The molecule has 0 amide bonds. The lowest BCUT2D eigenvalue weighted by Crippen LogP contribution is -2.32. The molecule has 15 heavy (non-hydrogen) atoms. The van der Waals surface area contributed by atoms with Crippen molar-refractivity contribution in [3.63, 3.8) is 0 Å². The van der Waals surface area contributed by atoms with Crippen LogP contribution in [0.2, 0.25) is 0 Å². The van der Waals surface area contributed by atoms with E-state index in [-0.39, 0.29) is 5.92 Å². The van der Waals surface area contributed by atoms with Crippen LogP contribution in [-0.2, 0) is 0 Å². The molecule has 0 heterocycles. The van der Waals surface area contributed by atoms with E-state index in [0.717, 1.165) is 0 Å². The number of allylic oxidation sites excluding steroid dienone is 2. The third kappa shape index (κ3) is 4.15. The van der Waals surface area contributed by atoms with Gasteiger partial charge in [-0.2, -0.15) is 0 Å². The van der Waals surface area contributed by atoms with Gasteiger partial charge in [-0.15, -0.1) is 0 Å². The Bertz CT molecular complexity index is 266. The normalized spacial score (nSPS) is 18.9. The zero-order valence-corrected chi connectivity index (χ0v) is 11.0. The molecule has 0 fully saturated rings. The van der Waals surface area contributed by atoms with E-state index in [4.69, 9.17) is 23.2 Å². The maximum absolute atomic E-state index is 9.90. The summed E-state index contributed by atoms with van der Waals surface area (Å²) in [6.07, 6.45) is -0.285. The summed E-state index contributed by atoms with van der Waals surface area (Å²) in [6, 6.07) is 0. The molecular formula is C11H18Cl2O2. The second-order valence-electron chi connectivity index (χ2n) is 3.76. The lowest BCUT2D eigenvalue weighted by molar-refractivity contribution is 0.0134. The lowest BCUT2D eigenvalue weighted by atomic mass is 9.95. The minimum atomic E-state index is -1.05. The van der Waals surface area contributed by atoms with Crippen LogP contribution in [0.1, 0.15) is 27.7 Å². The van der Waals surface area contributed by atoms with Gasteiger partial charge in [0.25, 0.3) is 0 Å². The number of halogens is 2. The molecule has 0 saturated carbocycles. The van der Waals surface area contributed by atoms with Crippen molar-refractivity contribution in [1.29, 1.82) is 0 Å². The smallest absolute Gasteiger partial charge is 0.108 e. The third-order valence-electron chi connectivity index (χ3n) is 2.18. The first-order valence-electron chi connectivity index (χ1n) is 4.87. The Hall–Kier alpha value is -0.0200. The first-order valence-corrected chi connectivity index (χ1v) is 5.63. The molecule has 2 N–H and O–H groups in total.